The lowest BCUT2D eigenvalue weighted by molar-refractivity contribution is -0.139. The number of amides is 2. The number of morpholine rings is 1. The number of hydrogen-bond acceptors (Lipinski definition) is 5. The Bertz CT molecular complexity index is 1010. The number of rotatable bonds is 5. The van der Waals surface area contributed by atoms with Gasteiger partial charge in [-0.3, -0.25) is 14.5 Å². The smallest absolute Gasteiger partial charge is 0.265 e. The van der Waals surface area contributed by atoms with Gasteiger partial charge in [-0.25, -0.2) is 8.78 Å². The van der Waals surface area contributed by atoms with E-state index in [9.17, 15) is 18.4 Å². The maximum Gasteiger partial charge on any atom is 0.265 e. The molecule has 2 aliphatic rings. The first kappa shape index (κ1) is 21.3. The molecular formula is C21H19ClF2N2O5. The van der Waals surface area contributed by atoms with Gasteiger partial charge in [0.05, 0.1) is 18.8 Å². The predicted molar refractivity (Wildman–Crippen MR) is 107 cm³/mol. The van der Waals surface area contributed by atoms with Crippen molar-refractivity contribution in [2.24, 2.45) is 0 Å². The van der Waals surface area contributed by atoms with Crippen LogP contribution < -0.4 is 14.4 Å². The Morgan fingerprint density at radius 2 is 2.06 bits per heavy atom. The highest BCUT2D eigenvalue weighted by atomic mass is 35.5. The Kier molecular flexibility index (Phi) is 6.24. The summed E-state index contributed by atoms with van der Waals surface area (Å²) in [6, 6.07) is 7.79. The number of carbonyl (C=O) groups excluding carboxylic acids is 2. The molecule has 2 aromatic rings. The van der Waals surface area contributed by atoms with Crippen LogP contribution in [0, 0.1) is 11.6 Å². The molecule has 4 rings (SSSR count). The van der Waals surface area contributed by atoms with E-state index in [4.69, 9.17) is 25.8 Å². The van der Waals surface area contributed by atoms with Crippen LogP contribution in [-0.2, 0) is 14.3 Å². The normalized spacial score (nSPS) is 18.4. The van der Waals surface area contributed by atoms with Crippen molar-refractivity contribution in [1.29, 1.82) is 0 Å². The Hall–Kier alpha value is -2.91. The van der Waals surface area contributed by atoms with E-state index < -0.39 is 17.7 Å². The number of ether oxygens (including phenoxy) is 3. The Morgan fingerprint density at radius 3 is 2.90 bits per heavy atom. The van der Waals surface area contributed by atoms with Gasteiger partial charge in [0.1, 0.15) is 30.8 Å². The fourth-order valence-electron chi connectivity index (χ4n) is 3.40. The molecule has 1 fully saturated rings. The lowest BCUT2D eigenvalue weighted by Gasteiger charge is -2.35. The molecule has 2 aromatic carbocycles. The molecule has 0 spiro atoms. The fraction of sp³-hybridized carbons (Fsp3) is 0.333. The fourth-order valence-corrected chi connectivity index (χ4v) is 3.57. The van der Waals surface area contributed by atoms with Crippen molar-refractivity contribution < 1.29 is 32.6 Å². The van der Waals surface area contributed by atoms with E-state index in [1.807, 2.05) is 0 Å². The van der Waals surface area contributed by atoms with Crippen LogP contribution in [0.2, 0.25) is 5.02 Å². The van der Waals surface area contributed by atoms with Gasteiger partial charge < -0.3 is 19.1 Å². The minimum absolute atomic E-state index is 0.0565. The maximum absolute atomic E-state index is 13.7. The molecule has 0 bridgehead atoms. The molecule has 31 heavy (non-hydrogen) atoms. The van der Waals surface area contributed by atoms with Gasteiger partial charge in [0.25, 0.3) is 5.91 Å². The van der Waals surface area contributed by atoms with Crippen molar-refractivity contribution >= 4 is 29.1 Å². The molecule has 2 aliphatic heterocycles. The van der Waals surface area contributed by atoms with Crippen molar-refractivity contribution in [1.82, 2.24) is 4.90 Å². The number of halogens is 3. The SMILES string of the molecule is O=C(CN1C(=O)COc2ccc(Cl)cc21)N1CCOC(COc2cc(F)ccc2F)C1. The number of benzene rings is 2. The Morgan fingerprint density at radius 1 is 1.23 bits per heavy atom. The van der Waals surface area contributed by atoms with Crippen molar-refractivity contribution in [3.05, 3.63) is 53.1 Å². The average molecular weight is 453 g/mol. The molecule has 10 heteroatoms. The Labute approximate surface area is 182 Å². The molecule has 0 aromatic heterocycles. The molecule has 2 amide bonds. The molecule has 1 saturated heterocycles. The molecule has 164 valence electrons. The second-order valence-corrected chi connectivity index (χ2v) is 7.54. The third-order valence-corrected chi connectivity index (χ3v) is 5.20. The van der Waals surface area contributed by atoms with Crippen LogP contribution >= 0.6 is 11.6 Å². The summed E-state index contributed by atoms with van der Waals surface area (Å²) >= 11 is 6.03. The molecule has 7 nitrogen and oxygen atoms in total. The van der Waals surface area contributed by atoms with Gasteiger partial charge >= 0.3 is 0 Å². The van der Waals surface area contributed by atoms with E-state index >= 15 is 0 Å². The average Bonchev–Trinajstić information content (AvgIpc) is 2.76. The summed E-state index contributed by atoms with van der Waals surface area (Å²) in [5, 5.41) is 0.419. The minimum atomic E-state index is -0.687. The number of fused-ring (bicyclic) bond motifs is 1. The number of anilines is 1. The third-order valence-electron chi connectivity index (χ3n) is 4.97. The van der Waals surface area contributed by atoms with E-state index in [2.05, 4.69) is 0 Å². The zero-order chi connectivity index (χ0) is 22.0. The van der Waals surface area contributed by atoms with Gasteiger partial charge in [-0.2, -0.15) is 0 Å². The molecule has 0 radical (unpaired) electrons. The van der Waals surface area contributed by atoms with Crippen molar-refractivity contribution in [3.63, 3.8) is 0 Å². The van der Waals surface area contributed by atoms with Crippen LogP contribution in [0.25, 0.3) is 0 Å². The number of nitrogens with zero attached hydrogens (tertiary/aromatic N) is 2. The van der Waals surface area contributed by atoms with Crippen LogP contribution in [0.5, 0.6) is 11.5 Å². The second kappa shape index (κ2) is 9.07. The van der Waals surface area contributed by atoms with E-state index in [0.29, 0.717) is 23.0 Å². The van der Waals surface area contributed by atoms with Gasteiger partial charge in [0.2, 0.25) is 5.91 Å². The van der Waals surface area contributed by atoms with Crippen LogP contribution in [-0.4, -0.2) is 62.3 Å². The topological polar surface area (TPSA) is 68.3 Å². The zero-order valence-corrected chi connectivity index (χ0v) is 17.1. The van der Waals surface area contributed by atoms with E-state index in [0.717, 1.165) is 18.2 Å². The first-order valence-corrected chi connectivity index (χ1v) is 9.98. The van der Waals surface area contributed by atoms with Crippen LogP contribution in [0.15, 0.2) is 36.4 Å². The first-order valence-electron chi connectivity index (χ1n) is 9.60. The number of hydrogen-bond donors (Lipinski definition) is 0. The molecular weight excluding hydrogens is 434 g/mol. The second-order valence-electron chi connectivity index (χ2n) is 7.10. The van der Waals surface area contributed by atoms with Gasteiger partial charge in [-0.05, 0) is 30.3 Å². The summed E-state index contributed by atoms with van der Waals surface area (Å²) in [7, 11) is 0. The zero-order valence-electron chi connectivity index (χ0n) is 16.4. The minimum Gasteiger partial charge on any atom is -0.488 e. The summed E-state index contributed by atoms with van der Waals surface area (Å²) in [6.07, 6.45) is -0.525. The highest BCUT2D eigenvalue weighted by Crippen LogP contribution is 2.34. The lowest BCUT2D eigenvalue weighted by atomic mass is 10.2. The van der Waals surface area contributed by atoms with Gasteiger partial charge in [0.15, 0.2) is 18.2 Å². The monoisotopic (exact) mass is 452 g/mol. The highest BCUT2D eigenvalue weighted by Gasteiger charge is 2.31. The summed E-state index contributed by atoms with van der Waals surface area (Å²) in [5.74, 6) is -1.69. The predicted octanol–water partition coefficient (Wildman–Crippen LogP) is 2.65. The largest absolute Gasteiger partial charge is 0.488 e. The van der Waals surface area contributed by atoms with Crippen molar-refractivity contribution in [2.45, 2.75) is 6.10 Å². The maximum atomic E-state index is 13.7. The summed E-state index contributed by atoms with van der Waals surface area (Å²) in [5.41, 5.74) is 0.437. The van der Waals surface area contributed by atoms with E-state index in [1.165, 1.54) is 4.90 Å². The third kappa shape index (κ3) is 4.88. The lowest BCUT2D eigenvalue weighted by Crippen LogP contribution is -2.52. The van der Waals surface area contributed by atoms with Gasteiger partial charge in [0, 0.05) is 17.6 Å². The standard InChI is InChI=1S/C21H19ClF2N2O5/c22-13-1-4-18-17(7-13)26(21(28)12-31-18)10-20(27)25-5-6-29-15(9-25)11-30-19-8-14(23)2-3-16(19)24/h1-4,7-8,15H,5-6,9-12H2. The molecule has 0 saturated carbocycles. The molecule has 0 N–H and O–H groups in total. The molecule has 2 heterocycles. The summed E-state index contributed by atoms with van der Waals surface area (Å²) in [4.78, 5) is 28.1. The van der Waals surface area contributed by atoms with Crippen LogP contribution in [0.3, 0.4) is 0 Å². The van der Waals surface area contributed by atoms with Crippen molar-refractivity contribution in [3.8, 4) is 11.5 Å². The van der Waals surface area contributed by atoms with Gasteiger partial charge in [-0.15, -0.1) is 0 Å². The van der Waals surface area contributed by atoms with Crippen molar-refractivity contribution in [2.75, 3.05) is 44.4 Å². The van der Waals surface area contributed by atoms with Crippen LogP contribution in [0.4, 0.5) is 14.5 Å². The highest BCUT2D eigenvalue weighted by molar-refractivity contribution is 6.31. The Balaban J connectivity index is 1.39. The van der Waals surface area contributed by atoms with E-state index in [-0.39, 0.29) is 50.5 Å². The first-order chi connectivity index (χ1) is 14.9. The summed E-state index contributed by atoms with van der Waals surface area (Å²) < 4.78 is 43.3. The molecule has 1 unspecified atom stereocenters. The van der Waals surface area contributed by atoms with Crippen LogP contribution in [0.1, 0.15) is 0 Å². The summed E-state index contributed by atoms with van der Waals surface area (Å²) in [6.45, 7) is 0.383. The quantitative estimate of drug-likeness (QED) is 0.697. The number of carbonyl (C=O) groups is 2. The van der Waals surface area contributed by atoms with E-state index in [1.54, 1.807) is 23.1 Å². The molecule has 1 atom stereocenters. The molecule has 0 aliphatic carbocycles. The van der Waals surface area contributed by atoms with Gasteiger partial charge in [-0.1, -0.05) is 11.6 Å².